The topological polar surface area (TPSA) is 62.7 Å². The Morgan fingerprint density at radius 2 is 1.95 bits per heavy atom. The molecule has 6 nitrogen and oxygen atoms in total. The molecule has 2 aliphatic rings. The molecule has 1 aromatic heterocycles. The Morgan fingerprint density at radius 3 is 2.57 bits per heavy atom. The number of rotatable bonds is 3. The van der Waals surface area contributed by atoms with Crippen molar-refractivity contribution in [2.75, 3.05) is 32.8 Å². The van der Waals surface area contributed by atoms with Gasteiger partial charge in [-0.05, 0) is 36.5 Å². The van der Waals surface area contributed by atoms with Crippen molar-refractivity contribution in [1.29, 1.82) is 0 Å². The van der Waals surface area contributed by atoms with Crippen LogP contribution in [0.25, 0.3) is 0 Å². The fourth-order valence-corrected chi connectivity index (χ4v) is 2.93. The van der Waals surface area contributed by atoms with Crippen LogP contribution < -0.4 is 0 Å². The van der Waals surface area contributed by atoms with Gasteiger partial charge in [0.15, 0.2) is 0 Å². The first-order valence-corrected chi connectivity index (χ1v) is 7.33. The number of aromatic nitrogens is 1. The van der Waals surface area contributed by atoms with E-state index in [2.05, 4.69) is 4.98 Å². The minimum atomic E-state index is -0.380. The van der Waals surface area contributed by atoms with E-state index < -0.39 is 0 Å². The van der Waals surface area contributed by atoms with Gasteiger partial charge in [0.25, 0.3) is 0 Å². The predicted molar refractivity (Wildman–Crippen MR) is 75.7 cm³/mol. The summed E-state index contributed by atoms with van der Waals surface area (Å²) in [6.45, 7) is 2.52. The molecule has 2 saturated heterocycles. The number of carbonyl (C=O) groups excluding carboxylic acids is 2. The van der Waals surface area contributed by atoms with Gasteiger partial charge in [-0.3, -0.25) is 14.7 Å². The molecule has 3 heterocycles. The predicted octanol–water partition coefficient (Wildman–Crippen LogP) is 1.24. The highest BCUT2D eigenvalue weighted by molar-refractivity contribution is 5.83. The van der Waals surface area contributed by atoms with E-state index in [1.807, 2.05) is 29.4 Å². The number of nitrogens with zero attached hydrogens (tertiary/aromatic N) is 3. The van der Waals surface area contributed by atoms with Crippen LogP contribution in [0.1, 0.15) is 24.3 Å². The number of hydrogen-bond donors (Lipinski definition) is 0. The molecular formula is C15H19N3O3. The molecule has 2 amide bonds. The fraction of sp³-hybridized carbons (Fsp3) is 0.533. The van der Waals surface area contributed by atoms with Crippen molar-refractivity contribution in [3.05, 3.63) is 30.1 Å². The maximum atomic E-state index is 12.2. The summed E-state index contributed by atoms with van der Waals surface area (Å²) in [7, 11) is 0. The Labute approximate surface area is 123 Å². The van der Waals surface area contributed by atoms with E-state index >= 15 is 0 Å². The van der Waals surface area contributed by atoms with Gasteiger partial charge in [-0.2, -0.15) is 0 Å². The summed E-state index contributed by atoms with van der Waals surface area (Å²) in [5.74, 6) is 0.510. The quantitative estimate of drug-likeness (QED) is 0.840. The molecule has 6 heteroatoms. The van der Waals surface area contributed by atoms with Gasteiger partial charge >= 0.3 is 6.09 Å². The molecule has 0 aromatic carbocycles. The van der Waals surface area contributed by atoms with Gasteiger partial charge < -0.3 is 9.64 Å². The monoisotopic (exact) mass is 289 g/mol. The minimum absolute atomic E-state index is 0.0158. The summed E-state index contributed by atoms with van der Waals surface area (Å²) < 4.78 is 4.84. The number of likely N-dealkylation sites (tertiary alicyclic amines) is 1. The van der Waals surface area contributed by atoms with Crippen LogP contribution in [0.4, 0.5) is 4.79 Å². The third kappa shape index (κ3) is 3.15. The molecule has 2 fully saturated rings. The average molecular weight is 289 g/mol. The van der Waals surface area contributed by atoms with Crippen LogP contribution in [0.2, 0.25) is 0 Å². The molecule has 3 rings (SSSR count). The van der Waals surface area contributed by atoms with E-state index in [0.717, 1.165) is 25.9 Å². The fourth-order valence-electron chi connectivity index (χ4n) is 2.93. The smallest absolute Gasteiger partial charge is 0.410 e. The Kier molecular flexibility index (Phi) is 4.03. The van der Waals surface area contributed by atoms with E-state index in [1.54, 1.807) is 0 Å². The molecule has 0 radical (unpaired) electrons. The molecule has 0 N–H and O–H groups in total. The molecule has 2 aliphatic heterocycles. The van der Waals surface area contributed by atoms with Crippen LogP contribution >= 0.6 is 0 Å². The van der Waals surface area contributed by atoms with Gasteiger partial charge in [0.05, 0.1) is 6.54 Å². The summed E-state index contributed by atoms with van der Waals surface area (Å²) in [6, 6.07) is 4.09. The van der Waals surface area contributed by atoms with Crippen molar-refractivity contribution >= 4 is 12.0 Å². The first-order valence-electron chi connectivity index (χ1n) is 7.33. The molecule has 112 valence electrons. The molecule has 0 atom stereocenters. The Hall–Kier alpha value is -2.11. The van der Waals surface area contributed by atoms with E-state index in [0.29, 0.717) is 19.1 Å². The lowest BCUT2D eigenvalue weighted by molar-refractivity contribution is -0.132. The van der Waals surface area contributed by atoms with Gasteiger partial charge in [-0.25, -0.2) is 4.79 Å². The van der Waals surface area contributed by atoms with Crippen molar-refractivity contribution in [3.8, 4) is 0 Å². The van der Waals surface area contributed by atoms with Crippen molar-refractivity contribution < 1.29 is 14.3 Å². The number of amides is 2. The second kappa shape index (κ2) is 6.11. The number of hydrogen-bond acceptors (Lipinski definition) is 4. The van der Waals surface area contributed by atoms with Crippen molar-refractivity contribution in [3.63, 3.8) is 0 Å². The normalized spacial score (nSPS) is 19.7. The van der Waals surface area contributed by atoms with Crippen LogP contribution in [0, 0.1) is 0 Å². The second-order valence-electron chi connectivity index (χ2n) is 5.47. The van der Waals surface area contributed by atoms with Crippen LogP contribution in [-0.2, 0) is 9.53 Å². The third-order valence-electron chi connectivity index (χ3n) is 4.20. The van der Waals surface area contributed by atoms with Crippen molar-refractivity contribution in [2.24, 2.45) is 0 Å². The van der Waals surface area contributed by atoms with E-state index in [-0.39, 0.29) is 18.5 Å². The van der Waals surface area contributed by atoms with Gasteiger partial charge in [-0.15, -0.1) is 0 Å². The molecule has 0 spiro atoms. The van der Waals surface area contributed by atoms with Gasteiger partial charge in [-0.1, -0.05) is 0 Å². The number of ether oxygens (including phenoxy) is 1. The zero-order valence-corrected chi connectivity index (χ0v) is 11.9. The maximum Gasteiger partial charge on any atom is 0.410 e. The van der Waals surface area contributed by atoms with Gasteiger partial charge in [0.2, 0.25) is 5.91 Å². The Balaban J connectivity index is 1.51. The molecule has 0 unspecified atom stereocenters. The lowest BCUT2D eigenvalue weighted by Gasteiger charge is -2.33. The number of piperidine rings is 1. The minimum Gasteiger partial charge on any atom is -0.448 e. The highest BCUT2D eigenvalue weighted by Gasteiger charge is 2.28. The van der Waals surface area contributed by atoms with Crippen molar-refractivity contribution in [2.45, 2.75) is 18.8 Å². The van der Waals surface area contributed by atoms with Crippen LogP contribution in [-0.4, -0.2) is 59.6 Å². The molecular weight excluding hydrogens is 270 g/mol. The molecule has 21 heavy (non-hydrogen) atoms. The molecule has 0 saturated carbocycles. The average Bonchev–Trinajstić information content (AvgIpc) is 2.93. The van der Waals surface area contributed by atoms with Gasteiger partial charge in [0.1, 0.15) is 13.2 Å². The zero-order chi connectivity index (χ0) is 14.7. The standard InChI is InChI=1S/C15H19N3O3/c19-14(11-18-9-10-21-15(18)20)17-7-3-13(4-8-17)12-1-5-16-6-2-12/h1-2,5-6,13H,3-4,7-11H2. The largest absolute Gasteiger partial charge is 0.448 e. The zero-order valence-electron chi connectivity index (χ0n) is 11.9. The van der Waals surface area contributed by atoms with Crippen LogP contribution in [0.3, 0.4) is 0 Å². The second-order valence-corrected chi connectivity index (χ2v) is 5.47. The van der Waals surface area contributed by atoms with Gasteiger partial charge in [0, 0.05) is 25.5 Å². The number of carbonyl (C=O) groups is 2. The van der Waals surface area contributed by atoms with E-state index in [4.69, 9.17) is 4.74 Å². The first-order chi connectivity index (χ1) is 10.2. The Morgan fingerprint density at radius 1 is 1.24 bits per heavy atom. The van der Waals surface area contributed by atoms with Crippen LogP contribution in [0.15, 0.2) is 24.5 Å². The summed E-state index contributed by atoms with van der Waals surface area (Å²) in [4.78, 5) is 30.9. The summed E-state index contributed by atoms with van der Waals surface area (Å²) >= 11 is 0. The van der Waals surface area contributed by atoms with Crippen molar-refractivity contribution in [1.82, 2.24) is 14.8 Å². The highest BCUT2D eigenvalue weighted by atomic mass is 16.6. The van der Waals surface area contributed by atoms with Crippen LogP contribution in [0.5, 0.6) is 0 Å². The summed E-state index contributed by atoms with van der Waals surface area (Å²) in [6.07, 6.45) is 5.16. The first kappa shape index (κ1) is 13.9. The van der Waals surface area contributed by atoms with E-state index in [9.17, 15) is 9.59 Å². The lowest BCUT2D eigenvalue weighted by Crippen LogP contribution is -2.44. The lowest BCUT2D eigenvalue weighted by atomic mass is 9.90. The molecule has 0 bridgehead atoms. The Bertz CT molecular complexity index is 512. The SMILES string of the molecule is O=C(CN1CCOC1=O)N1CCC(c2ccncc2)CC1. The maximum absolute atomic E-state index is 12.2. The van der Waals surface area contributed by atoms with E-state index in [1.165, 1.54) is 10.5 Å². The number of cyclic esters (lactones) is 1. The molecule has 0 aliphatic carbocycles. The summed E-state index contributed by atoms with van der Waals surface area (Å²) in [5.41, 5.74) is 1.29. The molecule has 1 aromatic rings. The summed E-state index contributed by atoms with van der Waals surface area (Å²) in [5, 5.41) is 0. The third-order valence-corrected chi connectivity index (χ3v) is 4.20. The highest BCUT2D eigenvalue weighted by Crippen LogP contribution is 2.27. The number of pyridine rings is 1.